The fourth-order valence-electron chi connectivity index (χ4n) is 2.34. The molecule has 1 aliphatic rings. The number of likely N-dealkylation sites (tertiary alicyclic amines) is 1. The van der Waals surface area contributed by atoms with Crippen molar-refractivity contribution in [2.75, 3.05) is 19.3 Å². The molecule has 0 radical (unpaired) electrons. The van der Waals surface area contributed by atoms with E-state index in [1.165, 1.54) is 12.8 Å². The minimum absolute atomic E-state index is 0.251. The summed E-state index contributed by atoms with van der Waals surface area (Å²) >= 11 is 1.63. The second-order valence-corrected chi connectivity index (χ2v) is 6.19. The van der Waals surface area contributed by atoms with Gasteiger partial charge in [0.25, 0.3) is 0 Å². The van der Waals surface area contributed by atoms with E-state index in [-0.39, 0.29) is 10.7 Å². The Morgan fingerprint density at radius 1 is 1.33 bits per heavy atom. The van der Waals surface area contributed by atoms with Crippen molar-refractivity contribution in [3.8, 4) is 6.07 Å². The van der Waals surface area contributed by atoms with Crippen LogP contribution in [0.15, 0.2) is 0 Å². The lowest BCUT2D eigenvalue weighted by atomic mass is 9.97. The maximum Gasteiger partial charge on any atom is 0.222 e. The third kappa shape index (κ3) is 4.20. The number of thioether (sulfide) groups is 1. The molecule has 0 aromatic rings. The van der Waals surface area contributed by atoms with Crippen molar-refractivity contribution in [3.63, 3.8) is 0 Å². The fourth-order valence-corrected chi connectivity index (χ4v) is 3.02. The molecule has 0 bridgehead atoms. The van der Waals surface area contributed by atoms with Crippen molar-refractivity contribution >= 4 is 17.7 Å². The molecular formula is C14H24N2OS. The van der Waals surface area contributed by atoms with Crippen molar-refractivity contribution in [2.45, 2.75) is 56.6 Å². The van der Waals surface area contributed by atoms with Crippen LogP contribution < -0.4 is 0 Å². The first kappa shape index (κ1) is 15.4. The molecule has 1 aliphatic heterocycles. The fraction of sp³-hybridized carbons (Fsp3) is 0.857. The molecule has 0 saturated carbocycles. The normalized spacial score (nSPS) is 18.4. The predicted octanol–water partition coefficient (Wildman–Crippen LogP) is 3.20. The highest BCUT2D eigenvalue weighted by Crippen LogP contribution is 2.33. The topological polar surface area (TPSA) is 44.1 Å². The van der Waals surface area contributed by atoms with Gasteiger partial charge in [0.15, 0.2) is 0 Å². The number of unbranched alkanes of at least 4 members (excludes halogenated alkanes) is 3. The zero-order valence-corrected chi connectivity index (χ0v) is 12.4. The molecule has 0 unspecified atom stereocenters. The zero-order chi connectivity index (χ0) is 13.4. The molecule has 0 aromatic carbocycles. The molecule has 1 rings (SSSR count). The Morgan fingerprint density at radius 3 is 2.50 bits per heavy atom. The van der Waals surface area contributed by atoms with Gasteiger partial charge in [-0.1, -0.05) is 26.2 Å². The molecule has 102 valence electrons. The Labute approximate surface area is 115 Å². The Balaban J connectivity index is 2.30. The molecule has 18 heavy (non-hydrogen) atoms. The second-order valence-electron chi connectivity index (χ2n) is 5.00. The van der Waals surface area contributed by atoms with Crippen molar-refractivity contribution in [3.05, 3.63) is 0 Å². The number of carbonyl (C=O) groups excluding carboxylic acids is 1. The van der Waals surface area contributed by atoms with E-state index in [0.717, 1.165) is 38.8 Å². The van der Waals surface area contributed by atoms with Gasteiger partial charge in [-0.15, -0.1) is 11.8 Å². The smallest absolute Gasteiger partial charge is 0.222 e. The van der Waals surface area contributed by atoms with E-state index in [2.05, 4.69) is 13.0 Å². The van der Waals surface area contributed by atoms with E-state index >= 15 is 0 Å². The molecule has 1 saturated heterocycles. The number of carbonyl (C=O) groups is 1. The van der Waals surface area contributed by atoms with Crippen LogP contribution in [0, 0.1) is 11.3 Å². The van der Waals surface area contributed by atoms with Gasteiger partial charge < -0.3 is 4.90 Å². The molecule has 1 amide bonds. The quantitative estimate of drug-likeness (QED) is 0.695. The minimum atomic E-state index is -0.251. The summed E-state index contributed by atoms with van der Waals surface area (Å²) in [5.74, 6) is 0.277. The average Bonchev–Trinajstić information content (AvgIpc) is 2.43. The summed E-state index contributed by atoms with van der Waals surface area (Å²) in [5.41, 5.74) is 0. The summed E-state index contributed by atoms with van der Waals surface area (Å²) < 4.78 is -0.251. The van der Waals surface area contributed by atoms with Crippen LogP contribution in [-0.4, -0.2) is 34.9 Å². The number of hydrogen-bond donors (Lipinski definition) is 0. The molecule has 0 atom stereocenters. The lowest BCUT2D eigenvalue weighted by Crippen LogP contribution is -2.44. The number of amides is 1. The highest BCUT2D eigenvalue weighted by atomic mass is 32.2. The van der Waals surface area contributed by atoms with Crippen molar-refractivity contribution < 1.29 is 4.79 Å². The Kier molecular flexibility index (Phi) is 6.56. The SMILES string of the molecule is CCCCCCC(=O)N1CCC(C#N)(SC)CC1. The van der Waals surface area contributed by atoms with Gasteiger partial charge in [-0.05, 0) is 25.5 Å². The van der Waals surface area contributed by atoms with Crippen LogP contribution in [0.25, 0.3) is 0 Å². The van der Waals surface area contributed by atoms with E-state index in [9.17, 15) is 10.1 Å². The van der Waals surface area contributed by atoms with Crippen LogP contribution in [0.1, 0.15) is 51.9 Å². The summed E-state index contributed by atoms with van der Waals surface area (Å²) in [7, 11) is 0. The van der Waals surface area contributed by atoms with E-state index < -0.39 is 0 Å². The highest BCUT2D eigenvalue weighted by molar-refractivity contribution is 8.00. The van der Waals surface area contributed by atoms with Gasteiger partial charge in [-0.3, -0.25) is 4.79 Å². The first-order valence-corrected chi connectivity index (χ1v) is 8.14. The molecule has 0 aliphatic carbocycles. The molecule has 3 nitrogen and oxygen atoms in total. The third-order valence-corrected chi connectivity index (χ3v) is 5.04. The highest BCUT2D eigenvalue weighted by Gasteiger charge is 2.35. The number of rotatable bonds is 6. The lowest BCUT2D eigenvalue weighted by Gasteiger charge is -2.36. The van der Waals surface area contributed by atoms with Gasteiger partial charge in [-0.2, -0.15) is 5.26 Å². The predicted molar refractivity (Wildman–Crippen MR) is 76.4 cm³/mol. The van der Waals surface area contributed by atoms with E-state index in [1.807, 2.05) is 11.2 Å². The second kappa shape index (κ2) is 7.68. The summed E-state index contributed by atoms with van der Waals surface area (Å²) in [6.45, 7) is 3.68. The largest absolute Gasteiger partial charge is 0.343 e. The zero-order valence-electron chi connectivity index (χ0n) is 11.6. The van der Waals surface area contributed by atoms with E-state index in [4.69, 9.17) is 0 Å². The standard InChI is InChI=1S/C14H24N2OS/c1-3-4-5-6-7-13(17)16-10-8-14(12-15,18-2)9-11-16/h3-11H2,1-2H3. The monoisotopic (exact) mass is 268 g/mol. The van der Waals surface area contributed by atoms with Crippen LogP contribution in [-0.2, 0) is 4.79 Å². The average molecular weight is 268 g/mol. The van der Waals surface area contributed by atoms with Crippen molar-refractivity contribution in [1.29, 1.82) is 5.26 Å². The lowest BCUT2D eigenvalue weighted by molar-refractivity contribution is -0.132. The summed E-state index contributed by atoms with van der Waals surface area (Å²) in [6, 6.07) is 2.41. The van der Waals surface area contributed by atoms with E-state index in [1.54, 1.807) is 11.8 Å². The van der Waals surface area contributed by atoms with Gasteiger partial charge in [0.2, 0.25) is 5.91 Å². The van der Waals surface area contributed by atoms with Crippen LogP contribution in [0.5, 0.6) is 0 Å². The molecule has 1 heterocycles. The number of hydrogen-bond acceptors (Lipinski definition) is 3. The first-order valence-electron chi connectivity index (χ1n) is 6.91. The summed E-state index contributed by atoms with van der Waals surface area (Å²) in [5, 5.41) is 9.19. The van der Waals surface area contributed by atoms with Crippen LogP contribution in [0.2, 0.25) is 0 Å². The van der Waals surface area contributed by atoms with Crippen molar-refractivity contribution in [2.24, 2.45) is 0 Å². The van der Waals surface area contributed by atoms with Crippen LogP contribution in [0.3, 0.4) is 0 Å². The number of nitriles is 1. The Bertz CT molecular complexity index is 303. The first-order chi connectivity index (χ1) is 8.67. The minimum Gasteiger partial charge on any atom is -0.343 e. The number of nitrogens with zero attached hydrogens (tertiary/aromatic N) is 2. The van der Waals surface area contributed by atoms with Gasteiger partial charge in [0, 0.05) is 19.5 Å². The molecule has 4 heteroatoms. The third-order valence-electron chi connectivity index (χ3n) is 3.76. The molecule has 0 spiro atoms. The molecule has 0 N–H and O–H groups in total. The molecule has 0 aromatic heterocycles. The number of piperidine rings is 1. The van der Waals surface area contributed by atoms with Crippen molar-refractivity contribution in [1.82, 2.24) is 4.90 Å². The van der Waals surface area contributed by atoms with Gasteiger partial charge in [0.1, 0.15) is 4.75 Å². The Hall–Kier alpha value is -0.690. The van der Waals surface area contributed by atoms with Gasteiger partial charge >= 0.3 is 0 Å². The Morgan fingerprint density at radius 2 is 2.00 bits per heavy atom. The van der Waals surface area contributed by atoms with E-state index in [0.29, 0.717) is 6.42 Å². The molecule has 1 fully saturated rings. The van der Waals surface area contributed by atoms with Gasteiger partial charge in [-0.25, -0.2) is 0 Å². The van der Waals surface area contributed by atoms with Crippen LogP contribution in [0.4, 0.5) is 0 Å². The molecular weight excluding hydrogens is 244 g/mol. The maximum absolute atomic E-state index is 12.0. The van der Waals surface area contributed by atoms with Gasteiger partial charge in [0.05, 0.1) is 6.07 Å². The maximum atomic E-state index is 12.0. The summed E-state index contributed by atoms with van der Waals surface area (Å²) in [6.07, 6.45) is 8.88. The van der Waals surface area contributed by atoms with Crippen LogP contribution >= 0.6 is 11.8 Å². The summed E-state index contributed by atoms with van der Waals surface area (Å²) in [4.78, 5) is 13.9.